The Balaban J connectivity index is 2.96. The van der Waals surface area contributed by atoms with Crippen molar-refractivity contribution in [2.75, 3.05) is 6.61 Å². The van der Waals surface area contributed by atoms with Gasteiger partial charge in [-0.25, -0.2) is 4.21 Å². The number of nitrogens with two attached hydrogens (primary N) is 1. The van der Waals surface area contributed by atoms with E-state index in [4.69, 9.17) is 9.56 Å². The van der Waals surface area contributed by atoms with Crippen LogP contribution in [-0.4, -0.2) is 28.9 Å². The quantitative estimate of drug-likeness (QED) is 0.752. The van der Waals surface area contributed by atoms with Crippen LogP contribution in [0.15, 0.2) is 24.5 Å². The number of hydrogen-bond donors (Lipinski definition) is 1. The molecule has 0 saturated heterocycles. The van der Waals surface area contributed by atoms with Gasteiger partial charge in [-0.05, 0) is 50.0 Å². The number of nitrogens with zero attached hydrogens (tertiary/aromatic N) is 1. The van der Waals surface area contributed by atoms with Crippen LogP contribution in [0, 0.1) is 0 Å². The molecule has 2 atom stereocenters. The van der Waals surface area contributed by atoms with Crippen molar-refractivity contribution in [3.05, 3.63) is 30.1 Å². The van der Waals surface area contributed by atoms with Gasteiger partial charge in [0.2, 0.25) is 0 Å². The minimum absolute atomic E-state index is 0.139. The van der Waals surface area contributed by atoms with Crippen LogP contribution in [0.3, 0.4) is 0 Å². The summed E-state index contributed by atoms with van der Waals surface area (Å²) in [6, 6.07) is 3.99. The molecule has 0 amide bonds. The van der Waals surface area contributed by atoms with Crippen LogP contribution < -0.4 is 5.14 Å². The highest BCUT2D eigenvalue weighted by molar-refractivity contribution is 7.84. The lowest BCUT2D eigenvalue weighted by molar-refractivity contribution is 0.250. The third kappa shape index (κ3) is 5.78. The van der Waals surface area contributed by atoms with Gasteiger partial charge in [0.15, 0.2) is 8.32 Å². The third-order valence-corrected chi connectivity index (χ3v) is 10.6. The fourth-order valence-electron chi connectivity index (χ4n) is 2.09. The molecule has 23 heavy (non-hydrogen) atoms. The Morgan fingerprint density at radius 1 is 1.30 bits per heavy atom. The molecule has 0 aliphatic rings. The molecule has 132 valence electrons. The first-order valence-electron chi connectivity index (χ1n) is 8.07. The Labute approximate surface area is 144 Å². The third-order valence-electron chi connectivity index (χ3n) is 4.89. The van der Waals surface area contributed by atoms with Crippen LogP contribution in [0.25, 0.3) is 0 Å². The van der Waals surface area contributed by atoms with Gasteiger partial charge in [-0.15, -0.1) is 0 Å². The Morgan fingerprint density at radius 2 is 1.91 bits per heavy atom. The van der Waals surface area contributed by atoms with Gasteiger partial charge >= 0.3 is 0 Å². The van der Waals surface area contributed by atoms with Gasteiger partial charge in [-0.3, -0.25) is 10.1 Å². The van der Waals surface area contributed by atoms with Crippen molar-refractivity contribution in [1.82, 2.24) is 4.98 Å². The Hall–Kier alpha value is -0.563. The lowest BCUT2D eigenvalue weighted by Gasteiger charge is -2.38. The summed E-state index contributed by atoms with van der Waals surface area (Å²) in [4.78, 5) is 4.22. The van der Waals surface area contributed by atoms with E-state index in [0.29, 0.717) is 13.0 Å². The molecule has 0 aromatic carbocycles. The highest BCUT2D eigenvalue weighted by Crippen LogP contribution is 2.38. The minimum Gasteiger partial charge on any atom is -0.416 e. The van der Waals surface area contributed by atoms with Gasteiger partial charge < -0.3 is 4.43 Å². The highest BCUT2D eigenvalue weighted by Gasteiger charge is 2.38. The zero-order valence-corrected chi connectivity index (χ0v) is 17.4. The summed E-state index contributed by atoms with van der Waals surface area (Å²) in [6.45, 7) is 15.7. The Bertz CT molecular complexity index is 527. The maximum atomic E-state index is 11.8. The molecule has 0 spiro atoms. The van der Waals surface area contributed by atoms with Crippen LogP contribution in [0.4, 0.5) is 0 Å². The van der Waals surface area contributed by atoms with E-state index in [9.17, 15) is 4.21 Å². The average Bonchev–Trinajstić information content (AvgIpc) is 2.43. The standard InChI is InChI=1S/C17H32N2O2SSi/c1-16(2,3)23(6,7)21-13-15(11-17(4,5)22(18)20)14-9-8-10-19-12-14/h8-10,12,15H,11,13,18H2,1-7H3/t15-,22?/m1/s1. The van der Waals surface area contributed by atoms with E-state index >= 15 is 0 Å². The van der Waals surface area contributed by atoms with Gasteiger partial charge in [0, 0.05) is 24.9 Å². The van der Waals surface area contributed by atoms with Gasteiger partial charge in [0.1, 0.15) is 0 Å². The lowest BCUT2D eigenvalue weighted by atomic mass is 9.91. The van der Waals surface area contributed by atoms with E-state index < -0.39 is 24.1 Å². The van der Waals surface area contributed by atoms with E-state index in [1.54, 1.807) is 6.20 Å². The first kappa shape index (κ1) is 20.5. The normalized spacial score (nSPS) is 16.2. The van der Waals surface area contributed by atoms with E-state index in [1.165, 1.54) is 0 Å². The lowest BCUT2D eigenvalue weighted by Crippen LogP contribution is -2.42. The molecular formula is C17H32N2O2SSi. The van der Waals surface area contributed by atoms with Crippen molar-refractivity contribution < 1.29 is 8.63 Å². The molecule has 2 N–H and O–H groups in total. The second kappa shape index (κ2) is 7.55. The molecule has 4 nitrogen and oxygen atoms in total. The second-order valence-electron chi connectivity index (χ2n) is 8.32. The molecule has 0 radical (unpaired) electrons. The number of rotatable bonds is 7. The molecule has 6 heteroatoms. The minimum atomic E-state index is -1.83. The molecule has 1 rings (SSSR count). The number of pyridine rings is 1. The Morgan fingerprint density at radius 3 is 2.35 bits per heavy atom. The first-order valence-corrected chi connectivity index (χ1v) is 12.2. The maximum Gasteiger partial charge on any atom is 0.192 e. The molecule has 0 fully saturated rings. The highest BCUT2D eigenvalue weighted by atomic mass is 32.2. The molecule has 0 aliphatic carbocycles. The molecule has 1 unspecified atom stereocenters. The van der Waals surface area contributed by atoms with E-state index in [2.05, 4.69) is 44.9 Å². The summed E-state index contributed by atoms with van der Waals surface area (Å²) < 4.78 is 17.8. The fraction of sp³-hybridized carbons (Fsp3) is 0.706. The van der Waals surface area contributed by atoms with Gasteiger partial charge in [-0.2, -0.15) is 0 Å². The van der Waals surface area contributed by atoms with Crippen molar-refractivity contribution in [3.8, 4) is 0 Å². The van der Waals surface area contributed by atoms with Crippen LogP contribution in [0.1, 0.15) is 52.5 Å². The number of aromatic nitrogens is 1. The first-order chi connectivity index (χ1) is 10.4. The zero-order valence-electron chi connectivity index (χ0n) is 15.6. The summed E-state index contributed by atoms with van der Waals surface area (Å²) in [6.07, 6.45) is 4.34. The molecule has 1 heterocycles. The zero-order chi connectivity index (χ0) is 17.9. The average molecular weight is 357 g/mol. The second-order valence-corrected chi connectivity index (χ2v) is 14.8. The summed E-state index contributed by atoms with van der Waals surface area (Å²) in [5.41, 5.74) is 1.12. The number of hydrogen-bond acceptors (Lipinski definition) is 3. The van der Waals surface area contributed by atoms with Crippen molar-refractivity contribution >= 4 is 19.3 Å². The van der Waals surface area contributed by atoms with Crippen LogP contribution in [-0.2, 0) is 15.4 Å². The monoisotopic (exact) mass is 356 g/mol. The maximum absolute atomic E-state index is 11.8. The van der Waals surface area contributed by atoms with Crippen molar-refractivity contribution in [3.63, 3.8) is 0 Å². The summed E-state index contributed by atoms with van der Waals surface area (Å²) >= 11 is 0. The van der Waals surface area contributed by atoms with Crippen LogP contribution in [0.5, 0.6) is 0 Å². The molecule has 1 aromatic rings. The van der Waals surface area contributed by atoms with Crippen molar-refractivity contribution in [1.29, 1.82) is 0 Å². The van der Waals surface area contributed by atoms with Gasteiger partial charge in [0.05, 0.1) is 15.7 Å². The summed E-state index contributed by atoms with van der Waals surface area (Å²) in [5, 5.41) is 5.84. The molecular weight excluding hydrogens is 324 g/mol. The fourth-order valence-corrected chi connectivity index (χ4v) is 3.51. The molecule has 0 aliphatic heterocycles. The summed E-state index contributed by atoms with van der Waals surface area (Å²) in [5.74, 6) is 0.139. The van der Waals surface area contributed by atoms with Crippen LogP contribution >= 0.6 is 0 Å². The Kier molecular flexibility index (Phi) is 6.72. The predicted octanol–water partition coefficient (Wildman–Crippen LogP) is 3.98. The smallest absolute Gasteiger partial charge is 0.192 e. The SMILES string of the molecule is CC(C)(C[C@H](CO[Si](C)(C)C(C)(C)C)c1cccnc1)S(N)=O. The van der Waals surface area contributed by atoms with Crippen molar-refractivity contribution in [2.45, 2.75) is 69.8 Å². The largest absolute Gasteiger partial charge is 0.416 e. The molecule has 0 saturated carbocycles. The van der Waals surface area contributed by atoms with Gasteiger partial charge in [-0.1, -0.05) is 26.8 Å². The van der Waals surface area contributed by atoms with Gasteiger partial charge in [0.25, 0.3) is 0 Å². The van der Waals surface area contributed by atoms with Crippen molar-refractivity contribution in [2.24, 2.45) is 5.14 Å². The summed E-state index contributed by atoms with van der Waals surface area (Å²) in [7, 11) is -3.21. The predicted molar refractivity (Wildman–Crippen MR) is 101 cm³/mol. The van der Waals surface area contributed by atoms with E-state index in [0.717, 1.165) is 5.56 Å². The topological polar surface area (TPSA) is 65.2 Å². The van der Waals surface area contributed by atoms with E-state index in [-0.39, 0.29) is 11.0 Å². The van der Waals surface area contributed by atoms with E-state index in [1.807, 2.05) is 26.1 Å². The van der Waals surface area contributed by atoms with Crippen LogP contribution in [0.2, 0.25) is 18.1 Å². The molecule has 0 bridgehead atoms. The molecule has 1 aromatic heterocycles.